The summed E-state index contributed by atoms with van der Waals surface area (Å²) >= 11 is 0. The van der Waals surface area contributed by atoms with Crippen LogP contribution in [0, 0.1) is 0 Å². The fourth-order valence-corrected chi connectivity index (χ4v) is 2.11. The number of nitrogens with two attached hydrogens (primary N) is 1. The van der Waals surface area contributed by atoms with Crippen LogP contribution in [-0.4, -0.2) is 12.3 Å². The van der Waals surface area contributed by atoms with E-state index in [4.69, 9.17) is 5.73 Å². The summed E-state index contributed by atoms with van der Waals surface area (Å²) in [6.07, 6.45) is 15.1. The Kier molecular flexibility index (Phi) is 13.4. The maximum absolute atomic E-state index is 10.7. The Labute approximate surface area is 107 Å². The Balaban J connectivity index is 2.91. The summed E-state index contributed by atoms with van der Waals surface area (Å²) in [6.45, 7) is 2.53. The lowest BCUT2D eigenvalue weighted by Crippen LogP contribution is -1.97. The van der Waals surface area contributed by atoms with Crippen molar-refractivity contribution < 1.29 is 4.79 Å². The van der Waals surface area contributed by atoms with E-state index < -0.39 is 0 Å². The highest BCUT2D eigenvalue weighted by atomic mass is 16.1. The van der Waals surface area contributed by atoms with Crippen LogP contribution in [0.3, 0.4) is 0 Å². The van der Waals surface area contributed by atoms with Gasteiger partial charge in [-0.1, -0.05) is 57.8 Å². The molecule has 0 aliphatic carbocycles. The number of ketones is 1. The van der Waals surface area contributed by atoms with Crippen molar-refractivity contribution in [3.63, 3.8) is 0 Å². The van der Waals surface area contributed by atoms with E-state index in [-0.39, 0.29) is 0 Å². The number of rotatable bonds is 13. The lowest BCUT2D eigenvalue weighted by molar-refractivity contribution is -0.117. The number of unbranched alkanes of at least 4 members (excludes halogenated alkanes) is 10. The molecule has 0 unspecified atom stereocenters. The van der Waals surface area contributed by atoms with E-state index in [0.29, 0.717) is 5.78 Å². The fourth-order valence-electron chi connectivity index (χ4n) is 2.11. The van der Waals surface area contributed by atoms with E-state index in [1.54, 1.807) is 6.92 Å². The molecule has 0 heterocycles. The molecule has 0 saturated heterocycles. The molecule has 0 fully saturated rings. The number of hydrogen-bond donors (Lipinski definition) is 1. The minimum atomic E-state index is 0.336. The van der Waals surface area contributed by atoms with Gasteiger partial charge in [0.15, 0.2) is 0 Å². The molecule has 2 nitrogen and oxygen atoms in total. The molecule has 0 spiro atoms. The first-order chi connectivity index (χ1) is 8.27. The van der Waals surface area contributed by atoms with Crippen molar-refractivity contribution in [2.75, 3.05) is 6.54 Å². The zero-order valence-corrected chi connectivity index (χ0v) is 11.7. The second kappa shape index (κ2) is 13.7. The predicted octanol–water partition coefficient (Wildman–Crippen LogP) is 4.22. The van der Waals surface area contributed by atoms with Gasteiger partial charge in [0.2, 0.25) is 0 Å². The molecule has 0 aromatic carbocycles. The second-order valence-corrected chi connectivity index (χ2v) is 5.13. The monoisotopic (exact) mass is 241 g/mol. The van der Waals surface area contributed by atoms with Crippen molar-refractivity contribution in [2.45, 2.75) is 84.0 Å². The minimum Gasteiger partial charge on any atom is -0.330 e. The molecular weight excluding hydrogens is 210 g/mol. The third-order valence-corrected chi connectivity index (χ3v) is 3.23. The van der Waals surface area contributed by atoms with Gasteiger partial charge in [0.25, 0.3) is 0 Å². The van der Waals surface area contributed by atoms with Crippen LogP contribution in [0.25, 0.3) is 0 Å². The third kappa shape index (κ3) is 15.6. The molecule has 0 radical (unpaired) electrons. The Hall–Kier alpha value is -0.370. The first-order valence-corrected chi connectivity index (χ1v) is 7.47. The van der Waals surface area contributed by atoms with Crippen LogP contribution in [0.4, 0.5) is 0 Å². The van der Waals surface area contributed by atoms with Crippen molar-refractivity contribution >= 4 is 5.78 Å². The van der Waals surface area contributed by atoms with Crippen LogP contribution in [0.1, 0.15) is 84.0 Å². The average Bonchev–Trinajstić information content (AvgIpc) is 2.30. The van der Waals surface area contributed by atoms with Gasteiger partial charge in [0, 0.05) is 6.42 Å². The molecule has 0 atom stereocenters. The molecule has 0 amide bonds. The highest BCUT2D eigenvalue weighted by Gasteiger charge is 1.95. The summed E-state index contributed by atoms with van der Waals surface area (Å²) in [4.78, 5) is 10.7. The number of Topliss-reactive ketones (excluding diaryl/α,β-unsaturated/α-hetero) is 1. The predicted molar refractivity (Wildman–Crippen MR) is 75.1 cm³/mol. The zero-order valence-electron chi connectivity index (χ0n) is 11.7. The molecular formula is C15H31NO. The van der Waals surface area contributed by atoms with Crippen LogP contribution >= 0.6 is 0 Å². The van der Waals surface area contributed by atoms with Gasteiger partial charge in [-0.05, 0) is 26.3 Å². The largest absolute Gasteiger partial charge is 0.330 e. The molecule has 2 N–H and O–H groups in total. The first-order valence-electron chi connectivity index (χ1n) is 7.47. The normalized spacial score (nSPS) is 10.7. The van der Waals surface area contributed by atoms with E-state index in [1.807, 2.05) is 0 Å². The quantitative estimate of drug-likeness (QED) is 0.491. The van der Waals surface area contributed by atoms with Crippen molar-refractivity contribution in [2.24, 2.45) is 5.73 Å². The van der Waals surface area contributed by atoms with Crippen molar-refractivity contribution in [3.8, 4) is 0 Å². The van der Waals surface area contributed by atoms with Crippen molar-refractivity contribution in [3.05, 3.63) is 0 Å². The zero-order chi connectivity index (χ0) is 12.8. The Bertz CT molecular complexity index is 168. The van der Waals surface area contributed by atoms with Crippen molar-refractivity contribution in [1.29, 1.82) is 0 Å². The summed E-state index contributed by atoms with van der Waals surface area (Å²) in [5.41, 5.74) is 5.45. The maximum atomic E-state index is 10.7. The van der Waals surface area contributed by atoms with Gasteiger partial charge in [-0.15, -0.1) is 0 Å². The van der Waals surface area contributed by atoms with Gasteiger partial charge in [-0.3, -0.25) is 0 Å². The molecule has 0 aromatic rings. The summed E-state index contributed by atoms with van der Waals surface area (Å²) < 4.78 is 0. The Morgan fingerprint density at radius 1 is 0.706 bits per heavy atom. The van der Waals surface area contributed by atoms with Crippen molar-refractivity contribution in [1.82, 2.24) is 0 Å². The highest BCUT2D eigenvalue weighted by molar-refractivity contribution is 5.75. The van der Waals surface area contributed by atoms with Gasteiger partial charge >= 0.3 is 0 Å². The molecule has 0 aromatic heterocycles. The van der Waals surface area contributed by atoms with Crippen LogP contribution in [0.15, 0.2) is 0 Å². The molecule has 0 aliphatic rings. The summed E-state index contributed by atoms with van der Waals surface area (Å²) in [5.74, 6) is 0.336. The lowest BCUT2D eigenvalue weighted by atomic mass is 10.0. The van der Waals surface area contributed by atoms with Gasteiger partial charge in [0.05, 0.1) is 0 Å². The van der Waals surface area contributed by atoms with E-state index in [1.165, 1.54) is 64.2 Å². The SMILES string of the molecule is CC(=O)CCCCCCCCCCCCCN. The molecule has 0 rings (SSSR count). The summed E-state index contributed by atoms with van der Waals surface area (Å²) in [7, 11) is 0. The highest BCUT2D eigenvalue weighted by Crippen LogP contribution is 2.11. The van der Waals surface area contributed by atoms with Crippen LogP contribution < -0.4 is 5.73 Å². The lowest BCUT2D eigenvalue weighted by Gasteiger charge is -2.02. The standard InChI is InChI=1S/C15H31NO/c1-15(17)13-11-9-7-5-3-2-4-6-8-10-12-14-16/h2-14,16H2,1H3. The molecule has 17 heavy (non-hydrogen) atoms. The molecule has 0 aliphatic heterocycles. The number of carbonyl (C=O) groups excluding carboxylic acids is 1. The van der Waals surface area contributed by atoms with Gasteiger partial charge in [-0.25, -0.2) is 0 Å². The number of hydrogen-bond acceptors (Lipinski definition) is 2. The fraction of sp³-hybridized carbons (Fsp3) is 0.933. The second-order valence-electron chi connectivity index (χ2n) is 5.13. The van der Waals surface area contributed by atoms with Crippen LogP contribution in [-0.2, 0) is 4.79 Å². The Morgan fingerprint density at radius 2 is 1.06 bits per heavy atom. The van der Waals surface area contributed by atoms with Crippen LogP contribution in [0.5, 0.6) is 0 Å². The molecule has 2 heteroatoms. The first kappa shape index (κ1) is 16.6. The van der Waals surface area contributed by atoms with Crippen LogP contribution in [0.2, 0.25) is 0 Å². The smallest absolute Gasteiger partial charge is 0.129 e. The minimum absolute atomic E-state index is 0.336. The van der Waals surface area contributed by atoms with Gasteiger partial charge < -0.3 is 10.5 Å². The average molecular weight is 241 g/mol. The maximum Gasteiger partial charge on any atom is 0.129 e. The van der Waals surface area contributed by atoms with E-state index in [2.05, 4.69) is 0 Å². The van der Waals surface area contributed by atoms with Gasteiger partial charge in [0.1, 0.15) is 5.78 Å². The molecule has 102 valence electrons. The summed E-state index contributed by atoms with van der Waals surface area (Å²) in [6, 6.07) is 0. The summed E-state index contributed by atoms with van der Waals surface area (Å²) in [5, 5.41) is 0. The number of carbonyl (C=O) groups is 1. The molecule has 0 saturated carbocycles. The topological polar surface area (TPSA) is 43.1 Å². The van der Waals surface area contributed by atoms with Gasteiger partial charge in [-0.2, -0.15) is 0 Å². The van der Waals surface area contributed by atoms with E-state index in [0.717, 1.165) is 19.4 Å². The Morgan fingerprint density at radius 3 is 1.41 bits per heavy atom. The third-order valence-electron chi connectivity index (χ3n) is 3.23. The van der Waals surface area contributed by atoms with E-state index in [9.17, 15) is 4.79 Å². The molecule has 0 bridgehead atoms. The van der Waals surface area contributed by atoms with E-state index >= 15 is 0 Å².